The van der Waals surface area contributed by atoms with E-state index in [0.29, 0.717) is 18.1 Å². The topological polar surface area (TPSA) is 21.3 Å². The van der Waals surface area contributed by atoms with Crippen LogP contribution in [-0.4, -0.2) is 25.3 Å². The molecule has 100 valence electrons. The molecule has 2 rings (SSSR count). The molecule has 1 saturated heterocycles. The second kappa shape index (κ2) is 6.55. The number of nitrogens with one attached hydrogen (secondary N) is 1. The van der Waals surface area contributed by atoms with Crippen LogP contribution in [0.2, 0.25) is 5.02 Å². The molecule has 0 bridgehead atoms. The molecular formula is C15H22ClNO. The van der Waals surface area contributed by atoms with Gasteiger partial charge in [0.1, 0.15) is 0 Å². The number of morpholine rings is 1. The lowest BCUT2D eigenvalue weighted by Crippen LogP contribution is -2.47. The van der Waals surface area contributed by atoms with Crippen LogP contribution in [0.25, 0.3) is 0 Å². The van der Waals surface area contributed by atoms with Gasteiger partial charge in [0.15, 0.2) is 0 Å². The molecule has 0 amide bonds. The standard InChI is InChI=1S/C15H22ClNO/c1-11(2)7-15-9-17-14(10-18-15)8-12-3-5-13(16)6-4-12/h3-6,11,14-15,17H,7-10H2,1-2H3/t14-,15-/m0/s1. The van der Waals surface area contributed by atoms with Crippen LogP contribution in [-0.2, 0) is 11.2 Å². The number of hydrogen-bond donors (Lipinski definition) is 1. The quantitative estimate of drug-likeness (QED) is 0.904. The Kier molecular flexibility index (Phi) is 5.04. The Balaban J connectivity index is 1.78. The fraction of sp³-hybridized carbons (Fsp3) is 0.600. The summed E-state index contributed by atoms with van der Waals surface area (Å²) in [4.78, 5) is 0. The van der Waals surface area contributed by atoms with E-state index in [9.17, 15) is 0 Å². The first-order valence-electron chi connectivity index (χ1n) is 6.73. The maximum Gasteiger partial charge on any atom is 0.0702 e. The minimum atomic E-state index is 0.381. The van der Waals surface area contributed by atoms with Gasteiger partial charge in [0.05, 0.1) is 12.7 Å². The van der Waals surface area contributed by atoms with Crippen molar-refractivity contribution in [1.82, 2.24) is 5.32 Å². The largest absolute Gasteiger partial charge is 0.375 e. The van der Waals surface area contributed by atoms with Gasteiger partial charge in [-0.25, -0.2) is 0 Å². The van der Waals surface area contributed by atoms with Crippen LogP contribution in [0.4, 0.5) is 0 Å². The smallest absolute Gasteiger partial charge is 0.0702 e. The fourth-order valence-electron chi connectivity index (χ4n) is 2.38. The van der Waals surface area contributed by atoms with Gasteiger partial charge in [0.25, 0.3) is 0 Å². The third kappa shape index (κ3) is 4.27. The van der Waals surface area contributed by atoms with Crippen LogP contribution in [0.3, 0.4) is 0 Å². The zero-order chi connectivity index (χ0) is 13.0. The predicted octanol–water partition coefficient (Wildman–Crippen LogP) is 3.29. The van der Waals surface area contributed by atoms with Gasteiger partial charge in [-0.15, -0.1) is 0 Å². The summed E-state index contributed by atoms with van der Waals surface area (Å²) in [7, 11) is 0. The summed E-state index contributed by atoms with van der Waals surface area (Å²) in [6.45, 7) is 6.25. The van der Waals surface area contributed by atoms with Crippen LogP contribution < -0.4 is 5.32 Å². The first kappa shape index (κ1) is 13.9. The van der Waals surface area contributed by atoms with Crippen molar-refractivity contribution in [2.75, 3.05) is 13.2 Å². The first-order valence-corrected chi connectivity index (χ1v) is 7.10. The number of hydrogen-bond acceptors (Lipinski definition) is 2. The van der Waals surface area contributed by atoms with E-state index in [4.69, 9.17) is 16.3 Å². The van der Waals surface area contributed by atoms with Crippen LogP contribution >= 0.6 is 11.6 Å². The molecule has 0 spiro atoms. The van der Waals surface area contributed by atoms with Crippen LogP contribution in [0.15, 0.2) is 24.3 Å². The highest BCUT2D eigenvalue weighted by molar-refractivity contribution is 6.30. The minimum Gasteiger partial charge on any atom is -0.375 e. The van der Waals surface area contributed by atoms with Crippen LogP contribution in [0, 0.1) is 5.92 Å². The molecule has 0 saturated carbocycles. The van der Waals surface area contributed by atoms with Crippen LogP contribution in [0.5, 0.6) is 0 Å². The van der Waals surface area contributed by atoms with Crippen molar-refractivity contribution in [1.29, 1.82) is 0 Å². The molecule has 3 heteroatoms. The molecule has 0 unspecified atom stereocenters. The van der Waals surface area contributed by atoms with Crippen molar-refractivity contribution in [3.05, 3.63) is 34.9 Å². The zero-order valence-electron chi connectivity index (χ0n) is 11.2. The van der Waals surface area contributed by atoms with E-state index in [1.807, 2.05) is 12.1 Å². The maximum atomic E-state index is 5.91. The maximum absolute atomic E-state index is 5.91. The lowest BCUT2D eigenvalue weighted by atomic mass is 10.0. The molecule has 1 aliphatic rings. The molecule has 1 N–H and O–H groups in total. The van der Waals surface area contributed by atoms with Gasteiger partial charge in [-0.2, -0.15) is 0 Å². The summed E-state index contributed by atoms with van der Waals surface area (Å²) >= 11 is 5.88. The van der Waals surface area contributed by atoms with E-state index in [2.05, 4.69) is 31.3 Å². The molecule has 2 atom stereocenters. The number of halogens is 1. The normalized spacial score (nSPS) is 24.4. The van der Waals surface area contributed by atoms with Gasteiger partial charge in [-0.1, -0.05) is 37.6 Å². The summed E-state index contributed by atoms with van der Waals surface area (Å²) < 4.78 is 5.91. The van der Waals surface area contributed by atoms with Gasteiger partial charge in [0.2, 0.25) is 0 Å². The van der Waals surface area contributed by atoms with E-state index >= 15 is 0 Å². The second-order valence-corrected chi connectivity index (χ2v) is 5.96. The Bertz CT molecular complexity index is 355. The Morgan fingerprint density at radius 3 is 2.61 bits per heavy atom. The minimum absolute atomic E-state index is 0.381. The number of benzene rings is 1. The summed E-state index contributed by atoms with van der Waals surface area (Å²) in [6, 6.07) is 8.49. The Morgan fingerprint density at radius 1 is 1.33 bits per heavy atom. The first-order chi connectivity index (χ1) is 8.63. The van der Waals surface area contributed by atoms with Crippen molar-refractivity contribution in [3.8, 4) is 0 Å². The zero-order valence-corrected chi connectivity index (χ0v) is 11.9. The third-order valence-electron chi connectivity index (χ3n) is 3.30. The van der Waals surface area contributed by atoms with Crippen molar-refractivity contribution in [3.63, 3.8) is 0 Å². The third-order valence-corrected chi connectivity index (χ3v) is 3.55. The molecule has 0 aromatic heterocycles. The van der Waals surface area contributed by atoms with Gasteiger partial charge < -0.3 is 10.1 Å². The van der Waals surface area contributed by atoms with E-state index < -0.39 is 0 Å². The van der Waals surface area contributed by atoms with E-state index in [1.165, 1.54) is 5.56 Å². The number of rotatable bonds is 4. The monoisotopic (exact) mass is 267 g/mol. The highest BCUT2D eigenvalue weighted by Gasteiger charge is 2.21. The molecule has 0 radical (unpaired) electrons. The number of ether oxygens (including phenoxy) is 1. The molecule has 1 aromatic carbocycles. The fourth-order valence-corrected chi connectivity index (χ4v) is 2.51. The van der Waals surface area contributed by atoms with Crippen molar-refractivity contribution in [2.45, 2.75) is 38.8 Å². The highest BCUT2D eigenvalue weighted by atomic mass is 35.5. The Hall–Kier alpha value is -0.570. The van der Waals surface area contributed by atoms with Crippen molar-refractivity contribution < 1.29 is 4.74 Å². The van der Waals surface area contributed by atoms with Crippen molar-refractivity contribution in [2.24, 2.45) is 5.92 Å². The summed E-state index contributed by atoms with van der Waals surface area (Å²) in [6.07, 6.45) is 2.53. The molecular weight excluding hydrogens is 246 g/mol. The summed E-state index contributed by atoms with van der Waals surface area (Å²) in [5.74, 6) is 0.699. The van der Waals surface area contributed by atoms with Gasteiger partial charge in [-0.3, -0.25) is 0 Å². The molecule has 1 aliphatic heterocycles. The molecule has 1 fully saturated rings. The van der Waals surface area contributed by atoms with Gasteiger partial charge in [0, 0.05) is 17.6 Å². The van der Waals surface area contributed by atoms with E-state index in [-0.39, 0.29) is 0 Å². The molecule has 1 heterocycles. The Labute approximate surface area is 115 Å². The van der Waals surface area contributed by atoms with E-state index in [0.717, 1.165) is 31.0 Å². The lowest BCUT2D eigenvalue weighted by molar-refractivity contribution is -0.00626. The average molecular weight is 268 g/mol. The molecule has 1 aromatic rings. The molecule has 18 heavy (non-hydrogen) atoms. The average Bonchev–Trinajstić information content (AvgIpc) is 2.34. The lowest BCUT2D eigenvalue weighted by Gasteiger charge is -2.31. The predicted molar refractivity (Wildman–Crippen MR) is 76.1 cm³/mol. The molecule has 0 aliphatic carbocycles. The summed E-state index contributed by atoms with van der Waals surface area (Å²) in [5, 5.41) is 4.37. The highest BCUT2D eigenvalue weighted by Crippen LogP contribution is 2.15. The van der Waals surface area contributed by atoms with Gasteiger partial charge >= 0.3 is 0 Å². The SMILES string of the molecule is CC(C)C[C@H]1CN[C@@H](Cc2ccc(Cl)cc2)CO1. The second-order valence-electron chi connectivity index (χ2n) is 5.52. The van der Waals surface area contributed by atoms with E-state index in [1.54, 1.807) is 0 Å². The Morgan fingerprint density at radius 2 is 2.06 bits per heavy atom. The molecule has 2 nitrogen and oxygen atoms in total. The van der Waals surface area contributed by atoms with Crippen molar-refractivity contribution >= 4 is 11.6 Å². The van der Waals surface area contributed by atoms with Crippen LogP contribution in [0.1, 0.15) is 25.8 Å². The van der Waals surface area contributed by atoms with Gasteiger partial charge in [-0.05, 0) is 36.5 Å². The summed E-state index contributed by atoms with van der Waals surface area (Å²) in [5.41, 5.74) is 1.31.